The number of aromatic nitrogens is 2. The fraction of sp³-hybridized carbons (Fsp3) is 0.0714. The molecule has 0 radical (unpaired) electrons. The van der Waals surface area contributed by atoms with Crippen LogP contribution in [0.3, 0.4) is 0 Å². The lowest BCUT2D eigenvalue weighted by atomic mass is 10.3. The van der Waals surface area contributed by atoms with Crippen LogP contribution in [-0.2, 0) is 6.54 Å². The number of halogens is 2. The number of nitriles is 1. The molecule has 0 saturated carbocycles. The summed E-state index contributed by atoms with van der Waals surface area (Å²) in [5.74, 6) is -0.303. The molecule has 0 aliphatic heterocycles. The first-order valence-corrected chi connectivity index (χ1v) is 7.03. The van der Waals surface area contributed by atoms with Crippen molar-refractivity contribution >= 4 is 34.0 Å². The van der Waals surface area contributed by atoms with Crippen LogP contribution in [0.15, 0.2) is 48.0 Å². The number of hydrogen-bond acceptors (Lipinski definition) is 4. The van der Waals surface area contributed by atoms with E-state index in [0.29, 0.717) is 27.2 Å². The maximum atomic E-state index is 13.1. The molecule has 7 heteroatoms. The second-order valence-electron chi connectivity index (χ2n) is 4.10. The number of hydrogen-bond donors (Lipinski definition) is 1. The summed E-state index contributed by atoms with van der Waals surface area (Å²) in [5, 5.41) is 8.76. The lowest BCUT2D eigenvalue weighted by Crippen LogP contribution is -2.06. The zero-order valence-corrected chi connectivity index (χ0v) is 13.0. The molecule has 0 spiro atoms. The lowest BCUT2D eigenvalue weighted by molar-refractivity contribution is 0.627. The first kappa shape index (κ1) is 15.2. The van der Waals surface area contributed by atoms with Crippen molar-refractivity contribution in [3.05, 3.63) is 58.1 Å². The van der Waals surface area contributed by atoms with Crippen LogP contribution in [0.1, 0.15) is 5.69 Å². The highest BCUT2D eigenvalue weighted by Gasteiger charge is 2.04. The van der Waals surface area contributed by atoms with E-state index in [-0.39, 0.29) is 5.82 Å². The molecule has 0 saturated heterocycles. The molecular weight excluding hydrogens is 384 g/mol. The highest BCUT2D eigenvalue weighted by Crippen LogP contribution is 2.22. The molecule has 1 heterocycles. The summed E-state index contributed by atoms with van der Waals surface area (Å²) in [5.41, 5.74) is 7.09. The van der Waals surface area contributed by atoms with Crippen LogP contribution in [0, 0.1) is 20.7 Å². The molecule has 2 rings (SSSR count). The maximum absolute atomic E-state index is 13.1. The van der Waals surface area contributed by atoms with Gasteiger partial charge in [0.1, 0.15) is 11.9 Å². The molecule has 0 fully saturated rings. The van der Waals surface area contributed by atoms with Crippen LogP contribution in [0.2, 0.25) is 0 Å². The van der Waals surface area contributed by atoms with Crippen LogP contribution in [-0.4, -0.2) is 15.3 Å². The van der Waals surface area contributed by atoms with Gasteiger partial charge in [-0.25, -0.2) is 9.37 Å². The molecule has 2 aromatic rings. The van der Waals surface area contributed by atoms with Crippen LogP contribution < -0.4 is 5.73 Å². The van der Waals surface area contributed by atoms with Crippen LogP contribution in [0.4, 0.5) is 10.1 Å². The number of benzene rings is 1. The van der Waals surface area contributed by atoms with Crippen molar-refractivity contribution in [2.75, 3.05) is 0 Å². The molecule has 1 aromatic heterocycles. The second-order valence-corrected chi connectivity index (χ2v) is 5.26. The summed E-state index contributed by atoms with van der Waals surface area (Å²) in [6.07, 6.45) is 6.21. The third-order valence-electron chi connectivity index (χ3n) is 2.55. The van der Waals surface area contributed by atoms with Gasteiger partial charge in [0.15, 0.2) is 5.69 Å². The predicted molar refractivity (Wildman–Crippen MR) is 86.5 cm³/mol. The fourth-order valence-electron chi connectivity index (χ4n) is 1.65. The quantitative estimate of drug-likeness (QED) is 0.639. The standard InChI is InChI=1S/C14H11FIN5/c15-10-1-2-14(13(16)5-10)20-11(3-4-17)7-21-8-12(6-18)19-9-21/h1-5,8-9H,7,17H2. The largest absolute Gasteiger partial charge is 0.405 e. The summed E-state index contributed by atoms with van der Waals surface area (Å²) >= 11 is 2.02. The Labute approximate surface area is 134 Å². The molecule has 5 nitrogen and oxygen atoms in total. The van der Waals surface area contributed by atoms with Gasteiger partial charge in [0.2, 0.25) is 0 Å². The third-order valence-corrected chi connectivity index (χ3v) is 3.42. The normalized spacial score (nSPS) is 11.8. The molecule has 106 valence electrons. The SMILES string of the molecule is N#Cc1cn(CC(C=CN)=Nc2ccc(F)cc2I)cn1. The molecule has 0 aliphatic carbocycles. The Kier molecular flexibility index (Phi) is 5.05. The van der Waals surface area contributed by atoms with Crippen molar-refractivity contribution in [1.29, 1.82) is 5.26 Å². The minimum Gasteiger partial charge on any atom is -0.405 e. The Morgan fingerprint density at radius 3 is 3.00 bits per heavy atom. The minimum atomic E-state index is -0.303. The van der Waals surface area contributed by atoms with Crippen molar-refractivity contribution in [3.8, 4) is 6.07 Å². The van der Waals surface area contributed by atoms with Gasteiger partial charge < -0.3 is 10.3 Å². The van der Waals surface area contributed by atoms with Crippen molar-refractivity contribution in [2.45, 2.75) is 6.54 Å². The van der Waals surface area contributed by atoms with Gasteiger partial charge in [-0.3, -0.25) is 4.99 Å². The van der Waals surface area contributed by atoms with Gasteiger partial charge in [-0.05, 0) is 53.1 Å². The summed E-state index contributed by atoms with van der Waals surface area (Å²) in [4.78, 5) is 8.39. The number of nitrogens with zero attached hydrogens (tertiary/aromatic N) is 4. The summed E-state index contributed by atoms with van der Waals surface area (Å²) in [6, 6.07) is 6.34. The molecular formula is C14H11FIN5. The van der Waals surface area contributed by atoms with Gasteiger partial charge in [0, 0.05) is 9.77 Å². The van der Waals surface area contributed by atoms with Gasteiger partial charge in [0.25, 0.3) is 0 Å². The van der Waals surface area contributed by atoms with E-state index in [1.165, 1.54) is 18.3 Å². The second kappa shape index (κ2) is 6.99. The molecule has 0 aliphatic rings. The monoisotopic (exact) mass is 395 g/mol. The number of nitrogens with two attached hydrogens (primary N) is 1. The molecule has 21 heavy (non-hydrogen) atoms. The molecule has 2 N–H and O–H groups in total. The highest BCUT2D eigenvalue weighted by molar-refractivity contribution is 14.1. The van der Waals surface area contributed by atoms with E-state index in [9.17, 15) is 4.39 Å². The fourth-order valence-corrected chi connectivity index (χ4v) is 2.25. The predicted octanol–water partition coefficient (Wildman–Crippen LogP) is 2.74. The number of allylic oxidation sites excluding steroid dienone is 1. The average molecular weight is 395 g/mol. The van der Waals surface area contributed by atoms with Gasteiger partial charge in [-0.2, -0.15) is 5.26 Å². The van der Waals surface area contributed by atoms with Gasteiger partial charge in [0.05, 0.1) is 24.3 Å². The number of imidazole rings is 1. The van der Waals surface area contributed by atoms with Crippen LogP contribution in [0.25, 0.3) is 0 Å². The van der Waals surface area contributed by atoms with E-state index in [0.717, 1.165) is 0 Å². The lowest BCUT2D eigenvalue weighted by Gasteiger charge is -2.04. The minimum absolute atomic E-state index is 0.303. The van der Waals surface area contributed by atoms with E-state index in [1.807, 2.05) is 28.7 Å². The summed E-state index contributed by atoms with van der Waals surface area (Å²) in [6.45, 7) is 0.413. The Morgan fingerprint density at radius 1 is 1.57 bits per heavy atom. The highest BCUT2D eigenvalue weighted by atomic mass is 127. The van der Waals surface area contributed by atoms with E-state index in [1.54, 1.807) is 29.2 Å². The topological polar surface area (TPSA) is 80.0 Å². The Bertz CT molecular complexity index is 742. The van der Waals surface area contributed by atoms with E-state index < -0.39 is 0 Å². The van der Waals surface area contributed by atoms with E-state index in [2.05, 4.69) is 9.98 Å². The van der Waals surface area contributed by atoms with Gasteiger partial charge in [-0.1, -0.05) is 0 Å². The van der Waals surface area contributed by atoms with Crippen LogP contribution in [0.5, 0.6) is 0 Å². The first-order chi connectivity index (χ1) is 10.1. The molecule has 0 unspecified atom stereocenters. The number of aliphatic imine (C=N–C) groups is 1. The molecule has 1 aromatic carbocycles. The Balaban J connectivity index is 2.29. The van der Waals surface area contributed by atoms with Crippen molar-refractivity contribution in [3.63, 3.8) is 0 Å². The van der Waals surface area contributed by atoms with E-state index in [4.69, 9.17) is 11.0 Å². The number of rotatable bonds is 4. The maximum Gasteiger partial charge on any atom is 0.158 e. The molecule has 0 atom stereocenters. The third kappa shape index (κ3) is 4.13. The molecule has 0 amide bonds. The zero-order chi connectivity index (χ0) is 15.2. The van der Waals surface area contributed by atoms with Crippen LogP contribution >= 0.6 is 22.6 Å². The summed E-state index contributed by atoms with van der Waals surface area (Å²) < 4.78 is 15.5. The van der Waals surface area contributed by atoms with Crippen molar-refractivity contribution in [2.24, 2.45) is 10.7 Å². The zero-order valence-electron chi connectivity index (χ0n) is 10.9. The average Bonchev–Trinajstić information content (AvgIpc) is 2.90. The van der Waals surface area contributed by atoms with Crippen molar-refractivity contribution < 1.29 is 4.39 Å². The van der Waals surface area contributed by atoms with E-state index >= 15 is 0 Å². The van der Waals surface area contributed by atoms with Gasteiger partial charge >= 0.3 is 0 Å². The summed E-state index contributed by atoms with van der Waals surface area (Å²) in [7, 11) is 0. The first-order valence-electron chi connectivity index (χ1n) is 5.95. The van der Waals surface area contributed by atoms with Crippen molar-refractivity contribution in [1.82, 2.24) is 9.55 Å². The Morgan fingerprint density at radius 2 is 2.38 bits per heavy atom. The molecule has 0 bridgehead atoms. The Hall–Kier alpha value is -2.21. The smallest absolute Gasteiger partial charge is 0.158 e. The van der Waals surface area contributed by atoms with Gasteiger partial charge in [-0.15, -0.1) is 0 Å².